The number of aryl methyl sites for hydroxylation is 2. The van der Waals surface area contributed by atoms with E-state index in [1.54, 1.807) is 10.9 Å². The summed E-state index contributed by atoms with van der Waals surface area (Å²) in [6.07, 6.45) is 4.93. The average Bonchev–Trinajstić information content (AvgIpc) is 3.31. The van der Waals surface area contributed by atoms with Crippen LogP contribution in [0, 0.1) is 0 Å². The van der Waals surface area contributed by atoms with E-state index in [0.717, 1.165) is 19.3 Å². The largest absolute Gasteiger partial charge is 0.467 e. The molecular formula is C18H22N4O3. The van der Waals surface area contributed by atoms with Crippen molar-refractivity contribution >= 4 is 11.9 Å². The van der Waals surface area contributed by atoms with Gasteiger partial charge in [0, 0.05) is 13.1 Å². The van der Waals surface area contributed by atoms with Crippen molar-refractivity contribution in [1.82, 2.24) is 19.9 Å². The van der Waals surface area contributed by atoms with Gasteiger partial charge in [-0.2, -0.15) is 0 Å². The van der Waals surface area contributed by atoms with Crippen LogP contribution in [-0.2, 0) is 22.5 Å². The Morgan fingerprint density at radius 1 is 1.28 bits per heavy atom. The SMILES string of the molecule is COC(=O)[C@@H]1CCCN1C(=O)c1cn(CCCc2ccccc2)nn1. The molecule has 7 nitrogen and oxygen atoms in total. The Kier molecular flexibility index (Phi) is 5.42. The van der Waals surface area contributed by atoms with Crippen LogP contribution < -0.4 is 0 Å². The standard InChI is InChI=1S/C18H22N4O3/c1-25-18(24)16-10-6-12-22(16)17(23)15-13-21(20-19-15)11-5-9-14-7-3-2-4-8-14/h2-4,7-8,13,16H,5-6,9-12H2,1H3/t16-/m0/s1. The molecule has 1 aliphatic heterocycles. The molecule has 0 saturated carbocycles. The highest BCUT2D eigenvalue weighted by Gasteiger charge is 2.36. The predicted molar refractivity (Wildman–Crippen MR) is 90.9 cm³/mol. The minimum Gasteiger partial charge on any atom is -0.467 e. The van der Waals surface area contributed by atoms with Gasteiger partial charge >= 0.3 is 5.97 Å². The molecule has 1 atom stereocenters. The Morgan fingerprint density at radius 3 is 2.84 bits per heavy atom. The summed E-state index contributed by atoms with van der Waals surface area (Å²) in [4.78, 5) is 25.9. The smallest absolute Gasteiger partial charge is 0.328 e. The molecule has 0 aliphatic carbocycles. The summed E-state index contributed by atoms with van der Waals surface area (Å²) in [6.45, 7) is 1.23. The molecular weight excluding hydrogens is 320 g/mol. The second-order valence-corrected chi connectivity index (χ2v) is 6.14. The maximum Gasteiger partial charge on any atom is 0.328 e. The minimum atomic E-state index is -0.513. The summed E-state index contributed by atoms with van der Waals surface area (Å²) in [5.41, 5.74) is 1.55. The Morgan fingerprint density at radius 2 is 2.08 bits per heavy atom. The molecule has 1 fully saturated rings. The first-order valence-electron chi connectivity index (χ1n) is 8.52. The number of carbonyl (C=O) groups excluding carboxylic acids is 2. The first kappa shape index (κ1) is 17.1. The number of hydrogen-bond acceptors (Lipinski definition) is 5. The third kappa shape index (κ3) is 4.04. The molecule has 2 heterocycles. The van der Waals surface area contributed by atoms with Gasteiger partial charge in [0.1, 0.15) is 6.04 Å². The monoisotopic (exact) mass is 342 g/mol. The van der Waals surface area contributed by atoms with Gasteiger partial charge < -0.3 is 9.64 Å². The van der Waals surface area contributed by atoms with Gasteiger partial charge in [-0.05, 0) is 31.2 Å². The number of benzene rings is 1. The van der Waals surface area contributed by atoms with E-state index in [4.69, 9.17) is 4.74 Å². The molecule has 132 valence electrons. The highest BCUT2D eigenvalue weighted by Crippen LogP contribution is 2.20. The molecule has 0 N–H and O–H groups in total. The van der Waals surface area contributed by atoms with Gasteiger partial charge in [0.15, 0.2) is 5.69 Å². The summed E-state index contributed by atoms with van der Waals surface area (Å²) in [5.74, 6) is -0.636. The van der Waals surface area contributed by atoms with Crippen molar-refractivity contribution in [2.45, 2.75) is 38.3 Å². The maximum absolute atomic E-state index is 12.6. The van der Waals surface area contributed by atoms with E-state index in [2.05, 4.69) is 22.4 Å². The Labute approximate surface area is 146 Å². The summed E-state index contributed by atoms with van der Waals surface area (Å²) in [7, 11) is 1.34. The first-order valence-corrected chi connectivity index (χ1v) is 8.52. The number of nitrogens with zero attached hydrogens (tertiary/aromatic N) is 4. The van der Waals surface area contributed by atoms with Crippen LogP contribution in [0.25, 0.3) is 0 Å². The Bertz CT molecular complexity index is 729. The fourth-order valence-electron chi connectivity index (χ4n) is 3.13. The van der Waals surface area contributed by atoms with Gasteiger partial charge in [-0.3, -0.25) is 9.48 Å². The molecule has 2 aromatic rings. The number of methoxy groups -OCH3 is 1. The lowest BCUT2D eigenvalue weighted by atomic mass is 10.1. The van der Waals surface area contributed by atoms with E-state index in [1.807, 2.05) is 18.2 Å². The lowest BCUT2D eigenvalue weighted by Gasteiger charge is -2.21. The molecule has 25 heavy (non-hydrogen) atoms. The van der Waals surface area contributed by atoms with Crippen LogP contribution >= 0.6 is 0 Å². The summed E-state index contributed by atoms with van der Waals surface area (Å²) in [6, 6.07) is 9.72. The van der Waals surface area contributed by atoms with Crippen LogP contribution in [0.5, 0.6) is 0 Å². The van der Waals surface area contributed by atoms with E-state index in [9.17, 15) is 9.59 Å². The molecule has 3 rings (SSSR count). The summed E-state index contributed by atoms with van der Waals surface area (Å²) in [5, 5.41) is 8.01. The first-order chi connectivity index (χ1) is 12.2. The van der Waals surface area contributed by atoms with Crippen molar-refractivity contribution in [3.8, 4) is 0 Å². The zero-order chi connectivity index (χ0) is 17.6. The van der Waals surface area contributed by atoms with Crippen molar-refractivity contribution in [2.24, 2.45) is 0 Å². The molecule has 1 saturated heterocycles. The zero-order valence-electron chi connectivity index (χ0n) is 14.3. The van der Waals surface area contributed by atoms with E-state index in [0.29, 0.717) is 19.5 Å². The van der Waals surface area contributed by atoms with E-state index >= 15 is 0 Å². The number of rotatable bonds is 6. The van der Waals surface area contributed by atoms with Crippen LogP contribution in [-0.4, -0.2) is 51.5 Å². The van der Waals surface area contributed by atoms with Crippen LogP contribution in [0.2, 0.25) is 0 Å². The number of ether oxygens (including phenoxy) is 1. The topological polar surface area (TPSA) is 77.3 Å². The van der Waals surface area contributed by atoms with Crippen LogP contribution in [0.15, 0.2) is 36.5 Å². The van der Waals surface area contributed by atoms with Crippen LogP contribution in [0.1, 0.15) is 35.3 Å². The molecule has 0 radical (unpaired) electrons. The molecule has 0 bridgehead atoms. The molecule has 1 amide bonds. The van der Waals surface area contributed by atoms with Crippen molar-refractivity contribution < 1.29 is 14.3 Å². The minimum absolute atomic E-state index is 0.262. The van der Waals surface area contributed by atoms with Crippen molar-refractivity contribution in [1.29, 1.82) is 0 Å². The third-order valence-electron chi connectivity index (χ3n) is 4.44. The van der Waals surface area contributed by atoms with Gasteiger partial charge in [0.25, 0.3) is 5.91 Å². The molecule has 0 spiro atoms. The molecule has 0 unspecified atom stereocenters. The Balaban J connectivity index is 1.57. The van der Waals surface area contributed by atoms with Crippen molar-refractivity contribution in [2.75, 3.05) is 13.7 Å². The van der Waals surface area contributed by atoms with Gasteiger partial charge in [-0.15, -0.1) is 5.10 Å². The molecule has 1 aliphatic rings. The molecule has 7 heteroatoms. The predicted octanol–water partition coefficient (Wildman–Crippen LogP) is 1.69. The zero-order valence-corrected chi connectivity index (χ0v) is 14.3. The highest BCUT2D eigenvalue weighted by molar-refractivity contribution is 5.95. The number of hydrogen-bond donors (Lipinski definition) is 0. The van der Waals surface area contributed by atoms with Crippen molar-refractivity contribution in [3.05, 3.63) is 47.8 Å². The molecule has 1 aromatic heterocycles. The summed E-state index contributed by atoms with van der Waals surface area (Å²) < 4.78 is 6.46. The van der Waals surface area contributed by atoms with E-state index in [-0.39, 0.29) is 17.6 Å². The number of carbonyl (C=O) groups is 2. The average molecular weight is 342 g/mol. The number of likely N-dealkylation sites (tertiary alicyclic amines) is 1. The van der Waals surface area contributed by atoms with Crippen molar-refractivity contribution in [3.63, 3.8) is 0 Å². The van der Waals surface area contributed by atoms with Crippen LogP contribution in [0.4, 0.5) is 0 Å². The van der Waals surface area contributed by atoms with Gasteiger partial charge in [0.2, 0.25) is 0 Å². The molecule has 1 aromatic carbocycles. The van der Waals surface area contributed by atoms with Gasteiger partial charge in [0.05, 0.1) is 13.3 Å². The quantitative estimate of drug-likeness (QED) is 0.747. The third-order valence-corrected chi connectivity index (χ3v) is 4.44. The van der Waals surface area contributed by atoms with Crippen LogP contribution in [0.3, 0.4) is 0 Å². The summed E-state index contributed by atoms with van der Waals surface area (Å²) >= 11 is 0. The lowest BCUT2D eigenvalue weighted by Crippen LogP contribution is -2.41. The fourth-order valence-corrected chi connectivity index (χ4v) is 3.13. The second-order valence-electron chi connectivity index (χ2n) is 6.14. The normalized spacial score (nSPS) is 16.8. The van der Waals surface area contributed by atoms with E-state index in [1.165, 1.54) is 17.6 Å². The van der Waals surface area contributed by atoms with Gasteiger partial charge in [-0.25, -0.2) is 4.79 Å². The Hall–Kier alpha value is -2.70. The number of esters is 1. The number of amides is 1. The lowest BCUT2D eigenvalue weighted by molar-refractivity contribution is -0.145. The fraction of sp³-hybridized carbons (Fsp3) is 0.444. The maximum atomic E-state index is 12.6. The van der Waals surface area contributed by atoms with E-state index < -0.39 is 6.04 Å². The van der Waals surface area contributed by atoms with Gasteiger partial charge in [-0.1, -0.05) is 35.5 Å². The number of aromatic nitrogens is 3. The highest BCUT2D eigenvalue weighted by atomic mass is 16.5. The second kappa shape index (κ2) is 7.92.